The zero-order valence-corrected chi connectivity index (χ0v) is 18.8. The average Bonchev–Trinajstić information content (AvgIpc) is 3.28. The molecule has 2 amide bonds. The fourth-order valence-corrected chi connectivity index (χ4v) is 3.98. The van der Waals surface area contributed by atoms with E-state index in [0.717, 1.165) is 10.9 Å². The first kappa shape index (κ1) is 22.2. The maximum absolute atomic E-state index is 13.5. The first-order valence-corrected chi connectivity index (χ1v) is 10.9. The molecule has 33 heavy (non-hydrogen) atoms. The second-order valence-corrected chi connectivity index (χ2v) is 8.04. The van der Waals surface area contributed by atoms with E-state index in [0.29, 0.717) is 36.3 Å². The quantitative estimate of drug-likeness (QED) is 0.454. The van der Waals surface area contributed by atoms with Crippen molar-refractivity contribution >= 4 is 22.8 Å². The molecule has 1 unspecified atom stereocenters. The van der Waals surface area contributed by atoms with E-state index in [2.05, 4.69) is 27.4 Å². The summed E-state index contributed by atoms with van der Waals surface area (Å²) < 4.78 is 1.79. The van der Waals surface area contributed by atoms with Crippen molar-refractivity contribution in [3.8, 4) is 0 Å². The highest BCUT2D eigenvalue weighted by Crippen LogP contribution is 2.19. The number of pyridine rings is 2. The van der Waals surface area contributed by atoms with E-state index >= 15 is 0 Å². The summed E-state index contributed by atoms with van der Waals surface area (Å²) in [6.45, 7) is 0.456. The van der Waals surface area contributed by atoms with Gasteiger partial charge in [0, 0.05) is 50.7 Å². The highest BCUT2D eigenvalue weighted by Gasteiger charge is 2.23. The Morgan fingerprint density at radius 2 is 1.79 bits per heavy atom. The Morgan fingerprint density at radius 1 is 1.00 bits per heavy atom. The molecule has 3 aromatic heterocycles. The summed E-state index contributed by atoms with van der Waals surface area (Å²) in [6.07, 6.45) is 6.43. The third-order valence-corrected chi connectivity index (χ3v) is 5.87. The normalized spacial score (nSPS) is 11.8. The minimum atomic E-state index is -0.124. The lowest BCUT2D eigenvalue weighted by Crippen LogP contribution is -2.41. The van der Waals surface area contributed by atoms with Gasteiger partial charge in [-0.3, -0.25) is 9.59 Å². The summed E-state index contributed by atoms with van der Waals surface area (Å²) in [4.78, 5) is 36.3. The van der Waals surface area contributed by atoms with Gasteiger partial charge in [0.15, 0.2) is 5.65 Å². The van der Waals surface area contributed by atoms with Crippen molar-refractivity contribution in [1.82, 2.24) is 24.8 Å². The molecule has 0 aliphatic carbocycles. The molecular formula is C26H27N5O2. The van der Waals surface area contributed by atoms with Gasteiger partial charge in [-0.2, -0.15) is 0 Å². The van der Waals surface area contributed by atoms with Gasteiger partial charge in [-0.15, -0.1) is 0 Å². The molecule has 7 nitrogen and oxygen atoms in total. The molecule has 0 bridgehead atoms. The lowest BCUT2D eigenvalue weighted by atomic mass is 10.0. The van der Waals surface area contributed by atoms with Gasteiger partial charge in [-0.05, 0) is 48.7 Å². The zero-order valence-electron chi connectivity index (χ0n) is 18.8. The molecule has 0 aliphatic rings. The topological polar surface area (TPSA) is 80.1 Å². The average molecular weight is 442 g/mol. The number of amides is 2. The minimum absolute atomic E-state index is 0.0925. The molecule has 0 spiro atoms. The SMILES string of the molecule is CN(C(=O)c1ccnc2ncccc12)C(CCNC(=O)c1cccn1C)Cc1ccccc1. The van der Waals surface area contributed by atoms with Crippen molar-refractivity contribution < 1.29 is 9.59 Å². The number of hydrogen-bond acceptors (Lipinski definition) is 4. The van der Waals surface area contributed by atoms with E-state index in [-0.39, 0.29) is 17.9 Å². The highest BCUT2D eigenvalue weighted by molar-refractivity contribution is 6.05. The maximum Gasteiger partial charge on any atom is 0.267 e. The monoisotopic (exact) mass is 441 g/mol. The molecule has 1 atom stereocenters. The molecule has 168 valence electrons. The summed E-state index contributed by atoms with van der Waals surface area (Å²) in [7, 11) is 3.66. The molecule has 7 heteroatoms. The molecule has 0 fully saturated rings. The van der Waals surface area contributed by atoms with Gasteiger partial charge >= 0.3 is 0 Å². The van der Waals surface area contributed by atoms with Crippen molar-refractivity contribution in [1.29, 1.82) is 0 Å². The maximum atomic E-state index is 13.5. The lowest BCUT2D eigenvalue weighted by molar-refractivity contribution is 0.0724. The largest absolute Gasteiger partial charge is 0.351 e. The van der Waals surface area contributed by atoms with Crippen molar-refractivity contribution in [3.05, 3.63) is 96.1 Å². The Labute approximate surface area is 193 Å². The number of nitrogens with zero attached hydrogens (tertiary/aromatic N) is 4. The summed E-state index contributed by atoms with van der Waals surface area (Å²) in [5.41, 5.74) is 2.86. The summed E-state index contributed by atoms with van der Waals surface area (Å²) in [5, 5.41) is 3.72. The van der Waals surface area contributed by atoms with Crippen LogP contribution in [0.4, 0.5) is 0 Å². The number of nitrogens with one attached hydrogen (secondary N) is 1. The van der Waals surface area contributed by atoms with Gasteiger partial charge in [0.25, 0.3) is 11.8 Å². The third kappa shape index (κ3) is 5.09. The van der Waals surface area contributed by atoms with Crippen LogP contribution >= 0.6 is 0 Å². The van der Waals surface area contributed by atoms with E-state index in [1.807, 2.05) is 50.6 Å². The Kier molecular flexibility index (Phi) is 6.78. The Morgan fingerprint density at radius 3 is 2.55 bits per heavy atom. The van der Waals surface area contributed by atoms with E-state index in [9.17, 15) is 9.59 Å². The number of rotatable bonds is 8. The fraction of sp³-hybridized carbons (Fsp3) is 0.231. The van der Waals surface area contributed by atoms with Gasteiger partial charge in [0.2, 0.25) is 0 Å². The zero-order chi connectivity index (χ0) is 23.2. The Hall–Kier alpha value is -4.00. The van der Waals surface area contributed by atoms with Crippen LogP contribution in [0.3, 0.4) is 0 Å². The number of carbonyl (C=O) groups excluding carboxylic acids is 2. The number of likely N-dealkylation sites (N-methyl/N-ethyl adjacent to an activating group) is 1. The van der Waals surface area contributed by atoms with E-state index < -0.39 is 0 Å². The molecule has 4 rings (SSSR count). The highest BCUT2D eigenvalue weighted by atomic mass is 16.2. The Balaban J connectivity index is 1.52. The van der Waals surface area contributed by atoms with Crippen molar-refractivity contribution in [2.45, 2.75) is 18.9 Å². The number of benzene rings is 1. The van der Waals surface area contributed by atoms with Crippen LogP contribution in [0, 0.1) is 0 Å². The molecule has 0 radical (unpaired) electrons. The van der Waals surface area contributed by atoms with E-state index in [1.54, 1.807) is 40.1 Å². The minimum Gasteiger partial charge on any atom is -0.351 e. The van der Waals surface area contributed by atoms with Crippen molar-refractivity contribution in [3.63, 3.8) is 0 Å². The molecule has 1 N–H and O–H groups in total. The third-order valence-electron chi connectivity index (χ3n) is 5.87. The number of carbonyl (C=O) groups is 2. The van der Waals surface area contributed by atoms with E-state index in [4.69, 9.17) is 0 Å². The van der Waals surface area contributed by atoms with E-state index in [1.165, 1.54) is 0 Å². The number of fused-ring (bicyclic) bond motifs is 1. The van der Waals surface area contributed by atoms with Gasteiger partial charge in [0.05, 0.1) is 5.56 Å². The molecule has 0 saturated heterocycles. The second kappa shape index (κ2) is 10.1. The predicted molar refractivity (Wildman–Crippen MR) is 128 cm³/mol. The standard InChI is InChI=1S/C26H27N5O2/c1-30-17-7-11-23(30)25(32)29-15-12-20(18-19-8-4-3-5-9-19)31(2)26(33)22-13-16-28-24-21(22)10-6-14-27-24/h3-11,13-14,16-17,20H,12,15,18H2,1-2H3,(H,29,32). The van der Waals surface area contributed by atoms with Crippen LogP contribution in [0.5, 0.6) is 0 Å². The van der Waals surface area contributed by atoms with Crippen LogP contribution in [-0.2, 0) is 13.5 Å². The van der Waals surface area contributed by atoms with Crippen LogP contribution in [0.15, 0.2) is 79.3 Å². The van der Waals surface area contributed by atoms with Crippen LogP contribution in [0.25, 0.3) is 11.0 Å². The molecule has 4 aromatic rings. The number of aromatic nitrogens is 3. The van der Waals surface area contributed by atoms with Gasteiger partial charge in [-0.25, -0.2) is 9.97 Å². The van der Waals surface area contributed by atoms with Gasteiger partial charge in [-0.1, -0.05) is 30.3 Å². The number of aryl methyl sites for hydroxylation is 1. The molecule has 0 saturated carbocycles. The lowest BCUT2D eigenvalue weighted by Gasteiger charge is -2.29. The number of hydrogen-bond donors (Lipinski definition) is 1. The van der Waals surface area contributed by atoms with Crippen molar-refractivity contribution in [2.75, 3.05) is 13.6 Å². The molecule has 0 aliphatic heterocycles. The second-order valence-electron chi connectivity index (χ2n) is 8.04. The predicted octanol–water partition coefficient (Wildman–Crippen LogP) is 3.47. The fourth-order valence-electron chi connectivity index (χ4n) is 3.98. The van der Waals surface area contributed by atoms with Crippen LogP contribution in [0.2, 0.25) is 0 Å². The summed E-state index contributed by atoms with van der Waals surface area (Å²) in [6, 6.07) is 19.0. The van der Waals surface area contributed by atoms with Gasteiger partial charge in [0.1, 0.15) is 5.69 Å². The molecular weight excluding hydrogens is 414 g/mol. The summed E-state index contributed by atoms with van der Waals surface area (Å²) in [5.74, 6) is -0.216. The Bertz CT molecular complexity index is 1250. The van der Waals surface area contributed by atoms with Crippen LogP contribution in [0.1, 0.15) is 32.8 Å². The first-order chi connectivity index (χ1) is 16.0. The molecule has 3 heterocycles. The summed E-state index contributed by atoms with van der Waals surface area (Å²) >= 11 is 0. The first-order valence-electron chi connectivity index (χ1n) is 10.9. The van der Waals surface area contributed by atoms with Crippen LogP contribution in [-0.4, -0.2) is 50.9 Å². The van der Waals surface area contributed by atoms with Crippen molar-refractivity contribution in [2.24, 2.45) is 7.05 Å². The van der Waals surface area contributed by atoms with Crippen LogP contribution < -0.4 is 5.32 Å². The van der Waals surface area contributed by atoms with Gasteiger partial charge < -0.3 is 14.8 Å². The molecule has 1 aromatic carbocycles. The smallest absolute Gasteiger partial charge is 0.267 e.